The van der Waals surface area contributed by atoms with Gasteiger partial charge in [-0.1, -0.05) is 0 Å². The number of rotatable bonds is 3. The minimum Gasteiger partial charge on any atom is -0.492 e. The molecule has 1 atom stereocenters. The van der Waals surface area contributed by atoms with Crippen LogP contribution >= 0.6 is 0 Å². The third-order valence-electron chi connectivity index (χ3n) is 2.64. The van der Waals surface area contributed by atoms with Crippen molar-refractivity contribution >= 4 is 11.0 Å². The van der Waals surface area contributed by atoms with Gasteiger partial charge >= 0.3 is 5.63 Å². The van der Waals surface area contributed by atoms with E-state index in [0.29, 0.717) is 17.9 Å². The molecule has 0 radical (unpaired) electrons. The molecule has 0 saturated heterocycles. The van der Waals surface area contributed by atoms with Crippen LogP contribution in [-0.4, -0.2) is 6.61 Å². The van der Waals surface area contributed by atoms with Crippen LogP contribution in [0.2, 0.25) is 0 Å². The van der Waals surface area contributed by atoms with Crippen molar-refractivity contribution in [2.75, 3.05) is 6.61 Å². The number of nitriles is 1. The quantitative estimate of drug-likeness (QED) is 0.777. The van der Waals surface area contributed by atoms with Crippen molar-refractivity contribution in [1.82, 2.24) is 0 Å². The summed E-state index contributed by atoms with van der Waals surface area (Å²) in [6, 6.07) is 8.88. The van der Waals surface area contributed by atoms with E-state index in [1.165, 1.54) is 6.07 Å². The highest BCUT2D eigenvalue weighted by molar-refractivity contribution is 5.81. The second-order valence-corrected chi connectivity index (χ2v) is 4.25. The second kappa shape index (κ2) is 4.92. The van der Waals surface area contributed by atoms with Crippen molar-refractivity contribution in [3.8, 4) is 11.8 Å². The molecule has 0 aliphatic heterocycles. The maximum Gasteiger partial charge on any atom is 0.336 e. The lowest BCUT2D eigenvalue weighted by molar-refractivity contribution is 0.288. The molecule has 0 aliphatic carbocycles. The third-order valence-corrected chi connectivity index (χ3v) is 2.64. The van der Waals surface area contributed by atoms with Gasteiger partial charge in [0, 0.05) is 17.5 Å². The maximum atomic E-state index is 11.3. The van der Waals surface area contributed by atoms with E-state index in [9.17, 15) is 4.79 Å². The van der Waals surface area contributed by atoms with E-state index in [4.69, 9.17) is 14.4 Å². The van der Waals surface area contributed by atoms with E-state index in [0.717, 1.165) is 10.9 Å². The van der Waals surface area contributed by atoms with Crippen LogP contribution < -0.4 is 10.4 Å². The van der Waals surface area contributed by atoms with Crippen molar-refractivity contribution in [2.45, 2.75) is 13.8 Å². The summed E-state index contributed by atoms with van der Waals surface area (Å²) >= 11 is 0. The van der Waals surface area contributed by atoms with Crippen LogP contribution in [-0.2, 0) is 0 Å². The summed E-state index contributed by atoms with van der Waals surface area (Å²) in [5.74, 6) is 0.420. The van der Waals surface area contributed by atoms with Crippen LogP contribution in [0.5, 0.6) is 5.75 Å². The van der Waals surface area contributed by atoms with Gasteiger partial charge < -0.3 is 9.15 Å². The molecule has 0 aliphatic rings. The van der Waals surface area contributed by atoms with Gasteiger partial charge in [0.05, 0.1) is 12.0 Å². The largest absolute Gasteiger partial charge is 0.492 e. The van der Waals surface area contributed by atoms with E-state index in [1.807, 2.05) is 13.0 Å². The molecule has 2 aromatic rings. The number of hydrogen-bond acceptors (Lipinski definition) is 4. The Kier molecular flexibility index (Phi) is 3.33. The number of aryl methyl sites for hydroxylation is 1. The van der Waals surface area contributed by atoms with Gasteiger partial charge in [-0.15, -0.1) is 0 Å². The molecular formula is C14H13NO3. The topological polar surface area (TPSA) is 63.2 Å². The molecule has 0 spiro atoms. The Morgan fingerprint density at radius 2 is 2.22 bits per heavy atom. The monoisotopic (exact) mass is 243 g/mol. The molecule has 18 heavy (non-hydrogen) atoms. The zero-order valence-electron chi connectivity index (χ0n) is 10.3. The molecule has 2 rings (SSSR count). The summed E-state index contributed by atoms with van der Waals surface area (Å²) in [6.07, 6.45) is 0. The van der Waals surface area contributed by atoms with E-state index >= 15 is 0 Å². The number of fused-ring (bicyclic) bond motifs is 1. The number of ether oxygens (including phenoxy) is 1. The van der Waals surface area contributed by atoms with Crippen molar-refractivity contribution in [2.24, 2.45) is 5.92 Å². The van der Waals surface area contributed by atoms with Crippen molar-refractivity contribution in [3.63, 3.8) is 0 Å². The minimum absolute atomic E-state index is 0.176. The number of benzene rings is 1. The summed E-state index contributed by atoms with van der Waals surface area (Å²) in [6.45, 7) is 3.96. The lowest BCUT2D eigenvalue weighted by Gasteiger charge is -2.08. The summed E-state index contributed by atoms with van der Waals surface area (Å²) in [4.78, 5) is 11.3. The molecule has 0 saturated carbocycles. The molecule has 92 valence electrons. The van der Waals surface area contributed by atoms with Gasteiger partial charge in [-0.3, -0.25) is 0 Å². The Labute approximate surface area is 104 Å². The normalized spacial score (nSPS) is 12.1. The number of nitrogens with zero attached hydrogens (tertiary/aromatic N) is 1. The summed E-state index contributed by atoms with van der Waals surface area (Å²) in [7, 11) is 0. The predicted octanol–water partition coefficient (Wildman–Crippen LogP) is 2.64. The lowest BCUT2D eigenvalue weighted by Crippen LogP contribution is -2.06. The summed E-state index contributed by atoms with van der Waals surface area (Å²) < 4.78 is 10.6. The fourth-order valence-corrected chi connectivity index (χ4v) is 1.65. The highest BCUT2D eigenvalue weighted by Crippen LogP contribution is 2.22. The standard InChI is InChI=1S/C14H13NO3/c1-9(7-15)8-17-11-3-4-12-10(2)5-14(16)18-13(12)6-11/h3-6,9H,8H2,1-2H3. The average Bonchev–Trinajstić information content (AvgIpc) is 2.35. The van der Waals surface area contributed by atoms with E-state index in [-0.39, 0.29) is 11.5 Å². The van der Waals surface area contributed by atoms with Gasteiger partial charge in [-0.25, -0.2) is 4.79 Å². The van der Waals surface area contributed by atoms with Crippen LogP contribution in [0.4, 0.5) is 0 Å². The average molecular weight is 243 g/mol. The van der Waals surface area contributed by atoms with E-state index < -0.39 is 0 Å². The van der Waals surface area contributed by atoms with Crippen LogP contribution in [0.25, 0.3) is 11.0 Å². The summed E-state index contributed by atoms with van der Waals surface area (Å²) in [5, 5.41) is 9.55. The molecule has 4 nitrogen and oxygen atoms in total. The Morgan fingerprint density at radius 1 is 1.44 bits per heavy atom. The highest BCUT2D eigenvalue weighted by atomic mass is 16.5. The van der Waals surface area contributed by atoms with Gasteiger partial charge in [0.25, 0.3) is 0 Å². The van der Waals surface area contributed by atoms with Crippen LogP contribution in [0.3, 0.4) is 0 Å². The Bertz CT molecular complexity index is 667. The Morgan fingerprint density at radius 3 is 2.94 bits per heavy atom. The summed E-state index contributed by atoms with van der Waals surface area (Å²) in [5.41, 5.74) is 1.00. The Balaban J connectivity index is 2.33. The van der Waals surface area contributed by atoms with Crippen molar-refractivity contribution in [3.05, 3.63) is 40.2 Å². The molecule has 0 bridgehead atoms. The smallest absolute Gasteiger partial charge is 0.336 e. The molecule has 1 aromatic heterocycles. The van der Waals surface area contributed by atoms with E-state index in [2.05, 4.69) is 6.07 Å². The molecule has 1 unspecified atom stereocenters. The molecule has 0 N–H and O–H groups in total. The van der Waals surface area contributed by atoms with Crippen molar-refractivity contribution in [1.29, 1.82) is 5.26 Å². The van der Waals surface area contributed by atoms with Gasteiger partial charge in [0.1, 0.15) is 17.9 Å². The Hall–Kier alpha value is -2.28. The molecule has 1 heterocycles. The van der Waals surface area contributed by atoms with Crippen molar-refractivity contribution < 1.29 is 9.15 Å². The molecule has 0 fully saturated rings. The van der Waals surface area contributed by atoms with Crippen LogP contribution in [0.15, 0.2) is 33.5 Å². The third kappa shape index (κ3) is 2.51. The first-order chi connectivity index (χ1) is 8.60. The SMILES string of the molecule is Cc1cc(=O)oc2cc(OCC(C)C#N)ccc12. The number of hydrogen-bond donors (Lipinski definition) is 0. The first kappa shape index (κ1) is 12.2. The van der Waals surface area contributed by atoms with Gasteiger partial charge in [-0.2, -0.15) is 5.26 Å². The zero-order valence-corrected chi connectivity index (χ0v) is 10.3. The minimum atomic E-state index is -0.373. The molecular weight excluding hydrogens is 230 g/mol. The first-order valence-corrected chi connectivity index (χ1v) is 5.67. The predicted molar refractivity (Wildman–Crippen MR) is 67.5 cm³/mol. The maximum absolute atomic E-state index is 11.3. The van der Waals surface area contributed by atoms with Crippen LogP contribution in [0, 0.1) is 24.2 Å². The molecule has 0 amide bonds. The second-order valence-electron chi connectivity index (χ2n) is 4.25. The molecule has 4 heteroatoms. The lowest BCUT2D eigenvalue weighted by atomic mass is 10.1. The molecule has 1 aromatic carbocycles. The fraction of sp³-hybridized carbons (Fsp3) is 0.286. The van der Waals surface area contributed by atoms with Gasteiger partial charge in [-0.05, 0) is 31.5 Å². The fourth-order valence-electron chi connectivity index (χ4n) is 1.65. The van der Waals surface area contributed by atoms with Gasteiger partial charge in [0.2, 0.25) is 0 Å². The zero-order chi connectivity index (χ0) is 13.1. The highest BCUT2D eigenvalue weighted by Gasteiger charge is 2.05. The van der Waals surface area contributed by atoms with Crippen LogP contribution in [0.1, 0.15) is 12.5 Å². The van der Waals surface area contributed by atoms with E-state index in [1.54, 1.807) is 19.1 Å². The first-order valence-electron chi connectivity index (χ1n) is 5.67. The van der Waals surface area contributed by atoms with Gasteiger partial charge in [0.15, 0.2) is 0 Å².